The second-order valence-electron chi connectivity index (χ2n) is 9.16. The Balaban J connectivity index is 1.35. The maximum atomic E-state index is 14.2. The molecule has 9 heteroatoms. The summed E-state index contributed by atoms with van der Waals surface area (Å²) in [6.07, 6.45) is 4.26. The van der Waals surface area contributed by atoms with Crippen LogP contribution in [0.5, 0.6) is 0 Å². The van der Waals surface area contributed by atoms with Gasteiger partial charge in [0, 0.05) is 49.4 Å². The van der Waals surface area contributed by atoms with Gasteiger partial charge in [-0.1, -0.05) is 11.6 Å². The summed E-state index contributed by atoms with van der Waals surface area (Å²) in [4.78, 5) is 41.3. The maximum absolute atomic E-state index is 14.2. The SMILES string of the molecule is Cc1cc(CNC(=O)N(C[C@@H]2CCCN(C(=O)C3CCNC3=O)C2)C2CC2)c(F)cc1Cl. The Morgan fingerprint density at radius 2 is 2.06 bits per heavy atom. The van der Waals surface area contributed by atoms with Crippen molar-refractivity contribution in [3.8, 4) is 0 Å². The fourth-order valence-corrected chi connectivity index (χ4v) is 4.80. The summed E-state index contributed by atoms with van der Waals surface area (Å²) in [5, 5.41) is 5.94. The lowest BCUT2D eigenvalue weighted by atomic mass is 9.95. The summed E-state index contributed by atoms with van der Waals surface area (Å²) >= 11 is 5.96. The number of carbonyl (C=O) groups excluding carboxylic acids is 3. The van der Waals surface area contributed by atoms with E-state index in [0.29, 0.717) is 43.2 Å². The number of nitrogens with zero attached hydrogens (tertiary/aromatic N) is 2. The lowest BCUT2D eigenvalue weighted by molar-refractivity contribution is -0.141. The van der Waals surface area contributed by atoms with Gasteiger partial charge >= 0.3 is 6.03 Å². The van der Waals surface area contributed by atoms with Crippen LogP contribution >= 0.6 is 11.6 Å². The minimum Gasteiger partial charge on any atom is -0.355 e. The molecule has 1 aromatic carbocycles. The standard InChI is InChI=1S/C23H30ClFN4O3/c1-14-9-16(20(25)10-19(14)24)11-27-23(32)29(17-4-5-17)13-15-3-2-8-28(12-15)22(31)18-6-7-26-21(18)30/h9-10,15,17-18H,2-8,11-13H2,1H3,(H,26,30)(H,27,32)/t15-,18?/m1/s1. The van der Waals surface area contributed by atoms with Gasteiger partial charge in [-0.2, -0.15) is 0 Å². The van der Waals surface area contributed by atoms with Crippen molar-refractivity contribution in [1.29, 1.82) is 0 Å². The van der Waals surface area contributed by atoms with Gasteiger partial charge in [0.05, 0.1) is 0 Å². The molecule has 32 heavy (non-hydrogen) atoms. The fourth-order valence-electron chi connectivity index (χ4n) is 4.65. The van der Waals surface area contributed by atoms with Crippen LogP contribution < -0.4 is 10.6 Å². The summed E-state index contributed by atoms with van der Waals surface area (Å²) in [7, 11) is 0. The number of likely N-dealkylation sites (tertiary alicyclic amines) is 1. The Morgan fingerprint density at radius 3 is 2.75 bits per heavy atom. The van der Waals surface area contributed by atoms with Crippen molar-refractivity contribution in [2.75, 3.05) is 26.2 Å². The third-order valence-corrected chi connectivity index (χ3v) is 7.05. The van der Waals surface area contributed by atoms with Crippen LogP contribution in [-0.2, 0) is 16.1 Å². The highest BCUT2D eigenvalue weighted by atomic mass is 35.5. The molecule has 1 unspecified atom stereocenters. The number of carbonyl (C=O) groups is 3. The van der Waals surface area contributed by atoms with E-state index in [2.05, 4.69) is 10.6 Å². The molecule has 7 nitrogen and oxygen atoms in total. The van der Waals surface area contributed by atoms with Crippen molar-refractivity contribution < 1.29 is 18.8 Å². The third-order valence-electron chi connectivity index (χ3n) is 6.64. The van der Waals surface area contributed by atoms with Gasteiger partial charge < -0.3 is 20.4 Å². The first-order valence-corrected chi connectivity index (χ1v) is 11.8. The second kappa shape index (κ2) is 9.65. The molecule has 0 bridgehead atoms. The van der Waals surface area contributed by atoms with Crippen molar-refractivity contribution in [3.05, 3.63) is 34.1 Å². The van der Waals surface area contributed by atoms with E-state index in [4.69, 9.17) is 11.6 Å². The lowest BCUT2D eigenvalue weighted by Crippen LogP contribution is -2.49. The van der Waals surface area contributed by atoms with Gasteiger partial charge in [-0.05, 0) is 62.6 Å². The van der Waals surface area contributed by atoms with Gasteiger partial charge in [-0.25, -0.2) is 9.18 Å². The van der Waals surface area contributed by atoms with Gasteiger partial charge in [0.15, 0.2) is 0 Å². The number of benzene rings is 1. The van der Waals surface area contributed by atoms with Crippen molar-refractivity contribution in [2.45, 2.75) is 51.6 Å². The number of piperidine rings is 1. The highest BCUT2D eigenvalue weighted by Crippen LogP contribution is 2.30. The van der Waals surface area contributed by atoms with Crippen LogP contribution in [0.4, 0.5) is 9.18 Å². The van der Waals surface area contributed by atoms with Crippen molar-refractivity contribution >= 4 is 29.4 Å². The van der Waals surface area contributed by atoms with E-state index in [1.54, 1.807) is 17.9 Å². The minimum atomic E-state index is -0.575. The molecule has 0 radical (unpaired) electrons. The first kappa shape index (κ1) is 22.8. The van der Waals surface area contributed by atoms with E-state index in [-0.39, 0.29) is 36.3 Å². The van der Waals surface area contributed by atoms with E-state index in [1.807, 2.05) is 4.90 Å². The molecule has 3 aliphatic rings. The van der Waals surface area contributed by atoms with Gasteiger partial charge in [-0.3, -0.25) is 9.59 Å². The van der Waals surface area contributed by atoms with Crippen LogP contribution in [0.15, 0.2) is 12.1 Å². The van der Waals surface area contributed by atoms with Gasteiger partial charge in [0.25, 0.3) is 0 Å². The number of urea groups is 1. The maximum Gasteiger partial charge on any atom is 0.317 e. The molecule has 1 aromatic rings. The number of amides is 4. The molecule has 3 fully saturated rings. The number of nitrogens with one attached hydrogen (secondary N) is 2. The summed E-state index contributed by atoms with van der Waals surface area (Å²) in [5.41, 5.74) is 1.17. The Morgan fingerprint density at radius 1 is 1.28 bits per heavy atom. The third kappa shape index (κ3) is 5.17. The van der Waals surface area contributed by atoms with Crippen LogP contribution in [0.25, 0.3) is 0 Å². The number of aryl methyl sites for hydroxylation is 1. The van der Waals surface area contributed by atoms with E-state index in [0.717, 1.165) is 31.2 Å². The molecule has 1 aliphatic carbocycles. The van der Waals surface area contributed by atoms with Crippen molar-refractivity contribution in [3.63, 3.8) is 0 Å². The highest BCUT2D eigenvalue weighted by Gasteiger charge is 2.38. The minimum absolute atomic E-state index is 0.0952. The summed E-state index contributed by atoms with van der Waals surface area (Å²) in [5.74, 6) is -1.12. The molecule has 2 N–H and O–H groups in total. The van der Waals surface area contributed by atoms with Crippen molar-refractivity contribution in [1.82, 2.24) is 20.4 Å². The molecule has 4 amide bonds. The molecule has 2 aliphatic heterocycles. The average molecular weight is 465 g/mol. The lowest BCUT2D eigenvalue weighted by Gasteiger charge is -2.36. The molecule has 1 saturated carbocycles. The molecule has 0 aromatic heterocycles. The van der Waals surface area contributed by atoms with Crippen LogP contribution in [0.1, 0.15) is 43.2 Å². The average Bonchev–Trinajstić information content (AvgIpc) is 3.53. The largest absolute Gasteiger partial charge is 0.355 e. The fraction of sp³-hybridized carbons (Fsp3) is 0.609. The Bertz CT molecular complexity index is 907. The summed E-state index contributed by atoms with van der Waals surface area (Å²) in [6, 6.07) is 2.91. The smallest absolute Gasteiger partial charge is 0.317 e. The van der Waals surface area contributed by atoms with E-state index in [9.17, 15) is 18.8 Å². The van der Waals surface area contributed by atoms with Crippen LogP contribution in [0.3, 0.4) is 0 Å². The van der Waals surface area contributed by atoms with E-state index in [1.165, 1.54) is 6.07 Å². The second-order valence-corrected chi connectivity index (χ2v) is 9.57. The molecule has 0 spiro atoms. The monoisotopic (exact) mass is 464 g/mol. The zero-order valence-electron chi connectivity index (χ0n) is 18.3. The molecule has 2 atom stereocenters. The Hall–Kier alpha value is -2.35. The van der Waals surface area contributed by atoms with Gasteiger partial charge in [0.1, 0.15) is 11.7 Å². The first-order chi connectivity index (χ1) is 15.3. The van der Waals surface area contributed by atoms with Gasteiger partial charge in [0.2, 0.25) is 11.8 Å². The van der Waals surface area contributed by atoms with Crippen molar-refractivity contribution in [2.24, 2.45) is 11.8 Å². The van der Waals surface area contributed by atoms with Crippen LogP contribution in [0, 0.1) is 24.6 Å². The highest BCUT2D eigenvalue weighted by molar-refractivity contribution is 6.31. The zero-order chi connectivity index (χ0) is 22.8. The number of hydrogen-bond acceptors (Lipinski definition) is 3. The summed E-state index contributed by atoms with van der Waals surface area (Å²) < 4.78 is 14.2. The normalized spacial score (nSPS) is 23.1. The Kier molecular flexibility index (Phi) is 6.88. The predicted octanol–water partition coefficient (Wildman–Crippen LogP) is 2.84. The first-order valence-electron chi connectivity index (χ1n) is 11.4. The zero-order valence-corrected chi connectivity index (χ0v) is 19.1. The quantitative estimate of drug-likeness (QED) is 0.635. The molecule has 174 valence electrons. The van der Waals surface area contributed by atoms with Gasteiger partial charge in [-0.15, -0.1) is 0 Å². The summed E-state index contributed by atoms with van der Waals surface area (Å²) in [6.45, 7) is 4.22. The van der Waals surface area contributed by atoms with E-state index < -0.39 is 11.7 Å². The predicted molar refractivity (Wildman–Crippen MR) is 119 cm³/mol. The number of hydrogen-bond donors (Lipinski definition) is 2. The number of halogens is 2. The van der Waals surface area contributed by atoms with Crippen LogP contribution in [0.2, 0.25) is 5.02 Å². The molecular formula is C23H30ClFN4O3. The number of rotatable bonds is 6. The topological polar surface area (TPSA) is 81.8 Å². The Labute approximate surface area is 192 Å². The van der Waals surface area contributed by atoms with E-state index >= 15 is 0 Å². The van der Waals surface area contributed by atoms with Crippen LogP contribution in [-0.4, -0.2) is 59.9 Å². The molecule has 4 rings (SSSR count). The molecular weight excluding hydrogens is 435 g/mol. The molecule has 2 saturated heterocycles. The molecule has 2 heterocycles.